The molecule has 10 N–H and O–H groups in total. The van der Waals surface area contributed by atoms with Crippen molar-refractivity contribution in [3.63, 3.8) is 0 Å². The van der Waals surface area contributed by atoms with Crippen LogP contribution in [0.25, 0.3) is 0 Å². The van der Waals surface area contributed by atoms with Crippen molar-refractivity contribution in [1.29, 1.82) is 5.41 Å². The van der Waals surface area contributed by atoms with Gasteiger partial charge in [-0.05, 0) is 45.1 Å². The molecule has 0 aliphatic heterocycles. The number of rotatable bonds is 17. The Bertz CT molecular complexity index is 463. The highest BCUT2D eigenvalue weighted by atomic mass is 35.5. The number of unbranched alkanes of at least 4 members (excludes halogenated alkanes) is 3. The lowest BCUT2D eigenvalue weighted by atomic mass is 10.1. The van der Waals surface area contributed by atoms with Gasteiger partial charge in [0.15, 0.2) is 5.96 Å². The number of amides is 2. The summed E-state index contributed by atoms with van der Waals surface area (Å²) in [6.07, 6.45) is 6.16. The molecule has 0 saturated heterocycles. The van der Waals surface area contributed by atoms with E-state index in [-0.39, 0.29) is 61.0 Å². The smallest absolute Gasteiger partial charge is 0.270 e. The second-order valence-corrected chi connectivity index (χ2v) is 6.81. The van der Waals surface area contributed by atoms with Gasteiger partial charge in [0.1, 0.15) is 0 Å². The number of guanidine groups is 1. The summed E-state index contributed by atoms with van der Waals surface area (Å²) in [5.41, 5.74) is 16.6. The number of hydrogen-bond acceptors (Lipinski definition) is 6. The molecule has 0 heterocycles. The highest BCUT2D eigenvalue weighted by molar-refractivity contribution is 5.86. The minimum Gasteiger partial charge on any atom is -0.370 e. The number of halogens is 3. The minimum atomic E-state index is -0.988. The van der Waals surface area contributed by atoms with Crippen molar-refractivity contribution in [2.75, 3.05) is 26.7 Å². The number of carbonyl (C=O) groups is 2. The molecule has 13 heteroatoms. The number of nitrogens with one attached hydrogen (secondary N) is 4. The van der Waals surface area contributed by atoms with E-state index >= 15 is 0 Å². The van der Waals surface area contributed by atoms with Crippen LogP contribution in [0.2, 0.25) is 0 Å². The summed E-state index contributed by atoms with van der Waals surface area (Å²) >= 11 is 0. The zero-order valence-corrected chi connectivity index (χ0v) is 20.8. The van der Waals surface area contributed by atoms with Crippen LogP contribution in [0.1, 0.15) is 57.8 Å². The van der Waals surface area contributed by atoms with Crippen molar-refractivity contribution in [1.82, 2.24) is 16.0 Å². The van der Waals surface area contributed by atoms with E-state index in [0.29, 0.717) is 26.1 Å². The lowest BCUT2D eigenvalue weighted by Crippen LogP contribution is -2.48. The summed E-state index contributed by atoms with van der Waals surface area (Å²) in [6, 6.07) is 0.0941. The first-order chi connectivity index (χ1) is 13.4. The van der Waals surface area contributed by atoms with Crippen LogP contribution in [0, 0.1) is 5.41 Å². The first kappa shape index (κ1) is 37.3. The zero-order valence-electron chi connectivity index (χ0n) is 18.3. The maximum atomic E-state index is 12.1. The van der Waals surface area contributed by atoms with Crippen LogP contribution in [0.15, 0.2) is 0 Å². The van der Waals surface area contributed by atoms with E-state index in [1.807, 2.05) is 0 Å². The molecule has 0 bridgehead atoms. The van der Waals surface area contributed by atoms with Crippen LogP contribution < -0.4 is 33.2 Å². The summed E-state index contributed by atoms with van der Waals surface area (Å²) < 4.78 is 5.07. The number of hydrogen-bond donors (Lipinski definition) is 7. The predicted octanol–water partition coefficient (Wildman–Crippen LogP) is 0.737. The van der Waals surface area contributed by atoms with Gasteiger partial charge >= 0.3 is 0 Å². The molecule has 2 atom stereocenters. The number of ether oxygens (including phenoxy) is 1. The van der Waals surface area contributed by atoms with Crippen LogP contribution in [0.5, 0.6) is 0 Å². The summed E-state index contributed by atoms with van der Waals surface area (Å²) in [5, 5.41) is 15.1. The Morgan fingerprint density at radius 3 is 2.10 bits per heavy atom. The van der Waals surface area contributed by atoms with Crippen LogP contribution in [0.3, 0.4) is 0 Å². The fourth-order valence-corrected chi connectivity index (χ4v) is 2.63. The average Bonchev–Trinajstić information content (AvgIpc) is 2.66. The molecule has 2 unspecified atom stereocenters. The molecule has 0 aromatic rings. The normalized spacial score (nSPS) is 11.6. The maximum Gasteiger partial charge on any atom is 0.270 e. The molecule has 0 aliphatic carbocycles. The lowest BCUT2D eigenvalue weighted by molar-refractivity contribution is -0.139. The van der Waals surface area contributed by atoms with Crippen molar-refractivity contribution in [3.8, 4) is 0 Å². The molecule has 2 amide bonds. The topological polar surface area (TPSA) is 181 Å². The number of methoxy groups -OCH3 is 1. The van der Waals surface area contributed by atoms with Gasteiger partial charge in [-0.15, -0.1) is 37.2 Å². The summed E-state index contributed by atoms with van der Waals surface area (Å²) in [5.74, 6) is -0.605. The van der Waals surface area contributed by atoms with Crippen LogP contribution >= 0.6 is 37.2 Å². The Labute approximate surface area is 204 Å². The van der Waals surface area contributed by atoms with E-state index in [0.717, 1.165) is 51.4 Å². The molecule has 0 spiro atoms. The SMILES string of the molecule is COC(NC(=O)CCCCCCNC(=N)N)C(=O)NCCCC(N)CCCN.Cl.Cl.Cl. The molecule has 0 aromatic heterocycles. The van der Waals surface area contributed by atoms with Gasteiger partial charge in [0.25, 0.3) is 5.91 Å². The highest BCUT2D eigenvalue weighted by Crippen LogP contribution is 2.03. The van der Waals surface area contributed by atoms with Gasteiger partial charge in [-0.1, -0.05) is 12.8 Å². The second-order valence-electron chi connectivity index (χ2n) is 6.81. The first-order valence-electron chi connectivity index (χ1n) is 10.0. The first-order valence-corrected chi connectivity index (χ1v) is 10.0. The highest BCUT2D eigenvalue weighted by Gasteiger charge is 2.19. The lowest BCUT2D eigenvalue weighted by Gasteiger charge is -2.17. The number of carbonyl (C=O) groups excluding carboxylic acids is 2. The Balaban J connectivity index is -0.00000121. The quantitative estimate of drug-likeness (QED) is 0.0651. The largest absolute Gasteiger partial charge is 0.370 e. The van der Waals surface area contributed by atoms with Crippen LogP contribution in [-0.4, -0.2) is 56.8 Å². The van der Waals surface area contributed by atoms with Gasteiger partial charge in [0, 0.05) is 32.7 Å². The third-order valence-electron chi connectivity index (χ3n) is 4.24. The molecule has 0 saturated carbocycles. The summed E-state index contributed by atoms with van der Waals surface area (Å²) in [6.45, 7) is 1.78. The van der Waals surface area contributed by atoms with Crippen molar-refractivity contribution in [3.05, 3.63) is 0 Å². The van der Waals surface area contributed by atoms with Crippen molar-refractivity contribution >= 4 is 55.0 Å². The van der Waals surface area contributed by atoms with Crippen molar-refractivity contribution < 1.29 is 14.3 Å². The standard InChI is InChI=1S/C18H39N7O3.3ClH/c1-28-17(16(27)23-13-7-9-14(20)8-6-11-19)25-15(26)10-4-2-3-5-12-24-18(21)22;;;/h14,17H,2-13,19-20H2,1H3,(H,23,27)(H,25,26)(H4,21,22,24);3*1H. The average molecular weight is 511 g/mol. The summed E-state index contributed by atoms with van der Waals surface area (Å²) in [4.78, 5) is 24.1. The van der Waals surface area contributed by atoms with Gasteiger partial charge in [-0.3, -0.25) is 15.0 Å². The Kier molecular flexibility index (Phi) is 30.3. The van der Waals surface area contributed by atoms with Gasteiger partial charge < -0.3 is 37.9 Å². The summed E-state index contributed by atoms with van der Waals surface area (Å²) in [7, 11) is 1.38. The van der Waals surface area contributed by atoms with E-state index < -0.39 is 6.23 Å². The third-order valence-corrected chi connectivity index (χ3v) is 4.24. The molecule has 0 aromatic carbocycles. The van der Waals surface area contributed by atoms with Crippen LogP contribution in [0.4, 0.5) is 0 Å². The molecular weight excluding hydrogens is 469 g/mol. The van der Waals surface area contributed by atoms with Gasteiger partial charge in [-0.2, -0.15) is 0 Å². The molecule has 31 heavy (non-hydrogen) atoms. The van der Waals surface area contributed by atoms with E-state index in [1.54, 1.807) is 0 Å². The second kappa shape index (κ2) is 25.2. The van der Waals surface area contributed by atoms with Gasteiger partial charge in [-0.25, -0.2) is 0 Å². The van der Waals surface area contributed by atoms with E-state index in [4.69, 9.17) is 27.3 Å². The Hall–Kier alpha value is -1.04. The molecule has 0 radical (unpaired) electrons. The Morgan fingerprint density at radius 2 is 1.52 bits per heavy atom. The van der Waals surface area contributed by atoms with Crippen LogP contribution in [-0.2, 0) is 14.3 Å². The molecule has 10 nitrogen and oxygen atoms in total. The molecule has 0 fully saturated rings. The fraction of sp³-hybridized carbons (Fsp3) is 0.833. The maximum absolute atomic E-state index is 12.1. The van der Waals surface area contributed by atoms with Gasteiger partial charge in [0.2, 0.25) is 12.1 Å². The zero-order chi connectivity index (χ0) is 21.2. The van der Waals surface area contributed by atoms with Gasteiger partial charge in [0.05, 0.1) is 0 Å². The fourth-order valence-electron chi connectivity index (χ4n) is 2.63. The van der Waals surface area contributed by atoms with Crippen molar-refractivity contribution in [2.45, 2.75) is 70.1 Å². The van der Waals surface area contributed by atoms with E-state index in [9.17, 15) is 9.59 Å². The molecule has 188 valence electrons. The Morgan fingerprint density at radius 1 is 0.935 bits per heavy atom. The molecule has 0 aliphatic rings. The minimum absolute atomic E-state index is 0. The predicted molar refractivity (Wildman–Crippen MR) is 132 cm³/mol. The molecular formula is C18H42Cl3N7O3. The van der Waals surface area contributed by atoms with E-state index in [1.165, 1.54) is 7.11 Å². The van der Waals surface area contributed by atoms with E-state index in [2.05, 4.69) is 16.0 Å². The molecule has 0 rings (SSSR count). The third kappa shape index (κ3) is 23.5. The monoisotopic (exact) mass is 509 g/mol. The van der Waals surface area contributed by atoms with Crippen molar-refractivity contribution in [2.24, 2.45) is 17.2 Å². The number of nitrogens with two attached hydrogens (primary N) is 3.